The average molecular weight is 297 g/mol. The molecular weight excluding hydrogens is 266 g/mol. The van der Waals surface area contributed by atoms with Crippen molar-refractivity contribution in [3.63, 3.8) is 0 Å². The Morgan fingerprint density at radius 3 is 2.52 bits per heavy atom. The molecule has 2 fully saturated rings. The number of amides is 1. The Labute approximate surface area is 129 Å². The van der Waals surface area contributed by atoms with Gasteiger partial charge in [0.1, 0.15) is 0 Å². The number of likely N-dealkylation sites (tertiary alicyclic amines) is 1. The molecule has 2 saturated heterocycles. The summed E-state index contributed by atoms with van der Waals surface area (Å²) >= 11 is 0. The second-order valence-electron chi connectivity index (χ2n) is 6.37. The molecule has 0 aromatic rings. The van der Waals surface area contributed by atoms with Gasteiger partial charge in [0.15, 0.2) is 0 Å². The van der Waals surface area contributed by atoms with Crippen molar-refractivity contribution in [3.05, 3.63) is 0 Å². The van der Waals surface area contributed by atoms with E-state index < -0.39 is 0 Å². The number of carbonyl (C=O) groups excluding carboxylic acids is 1. The normalized spacial score (nSPS) is 23.7. The number of piperidine rings is 1. The number of hydrogen-bond donors (Lipinski definition) is 0. The zero-order chi connectivity index (χ0) is 14.9. The van der Waals surface area contributed by atoms with Gasteiger partial charge in [0.25, 0.3) is 0 Å². The van der Waals surface area contributed by atoms with Crippen LogP contribution >= 0.6 is 0 Å². The summed E-state index contributed by atoms with van der Waals surface area (Å²) in [5, 5.41) is 0. The number of ether oxygens (including phenoxy) is 2. The van der Waals surface area contributed by atoms with Crippen molar-refractivity contribution in [3.8, 4) is 0 Å². The standard InChI is InChI=1S/C17H31NO3/c1-2-3-4-5-6-7-17(19)18-11-8-15(9-12-18)21-16-10-13-20-14-16/h15-16H,2-14H2,1H3. The zero-order valence-electron chi connectivity index (χ0n) is 13.5. The second-order valence-corrected chi connectivity index (χ2v) is 6.37. The number of nitrogens with zero attached hydrogens (tertiary/aromatic N) is 1. The Bertz CT molecular complexity index is 294. The summed E-state index contributed by atoms with van der Waals surface area (Å²) in [6, 6.07) is 0. The Morgan fingerprint density at radius 1 is 1.10 bits per heavy atom. The van der Waals surface area contributed by atoms with E-state index in [2.05, 4.69) is 6.92 Å². The molecule has 0 saturated carbocycles. The molecule has 1 atom stereocenters. The minimum atomic E-state index is 0.288. The van der Waals surface area contributed by atoms with Crippen molar-refractivity contribution in [2.24, 2.45) is 0 Å². The van der Waals surface area contributed by atoms with Gasteiger partial charge in [-0.1, -0.05) is 32.6 Å². The van der Waals surface area contributed by atoms with Gasteiger partial charge in [-0.25, -0.2) is 0 Å². The highest BCUT2D eigenvalue weighted by Crippen LogP contribution is 2.20. The van der Waals surface area contributed by atoms with E-state index in [0.29, 0.717) is 12.0 Å². The lowest BCUT2D eigenvalue weighted by Crippen LogP contribution is -2.41. The molecule has 122 valence electrons. The molecule has 0 bridgehead atoms. The number of carbonyl (C=O) groups is 1. The molecule has 2 heterocycles. The number of unbranched alkanes of at least 4 members (excludes halogenated alkanes) is 4. The summed E-state index contributed by atoms with van der Waals surface area (Å²) in [5.41, 5.74) is 0. The molecule has 1 unspecified atom stereocenters. The first-order valence-electron chi connectivity index (χ1n) is 8.80. The molecule has 2 aliphatic rings. The average Bonchev–Trinajstić information content (AvgIpc) is 3.00. The van der Waals surface area contributed by atoms with Crippen molar-refractivity contribution < 1.29 is 14.3 Å². The predicted octanol–water partition coefficient (Wildman–Crippen LogP) is 3.14. The van der Waals surface area contributed by atoms with Gasteiger partial charge in [-0.05, 0) is 25.7 Å². The van der Waals surface area contributed by atoms with Crippen molar-refractivity contribution >= 4 is 5.91 Å². The van der Waals surface area contributed by atoms with Crippen LogP contribution in [0.3, 0.4) is 0 Å². The molecule has 0 N–H and O–H groups in total. The van der Waals surface area contributed by atoms with E-state index in [4.69, 9.17) is 9.47 Å². The molecule has 0 radical (unpaired) electrons. The van der Waals surface area contributed by atoms with Crippen LogP contribution < -0.4 is 0 Å². The molecule has 0 spiro atoms. The molecule has 2 aliphatic heterocycles. The maximum atomic E-state index is 12.1. The van der Waals surface area contributed by atoms with Crippen LogP contribution in [0.2, 0.25) is 0 Å². The lowest BCUT2D eigenvalue weighted by Gasteiger charge is -2.33. The van der Waals surface area contributed by atoms with E-state index in [9.17, 15) is 4.79 Å². The van der Waals surface area contributed by atoms with Gasteiger partial charge in [0.2, 0.25) is 5.91 Å². The third kappa shape index (κ3) is 5.95. The van der Waals surface area contributed by atoms with Crippen LogP contribution in [0.1, 0.15) is 64.7 Å². The van der Waals surface area contributed by atoms with Crippen molar-refractivity contribution in [1.82, 2.24) is 4.90 Å². The molecule has 4 nitrogen and oxygen atoms in total. The lowest BCUT2D eigenvalue weighted by molar-refractivity contribution is -0.134. The van der Waals surface area contributed by atoms with Gasteiger partial charge in [-0.2, -0.15) is 0 Å². The van der Waals surface area contributed by atoms with E-state index >= 15 is 0 Å². The first kappa shape index (κ1) is 16.8. The molecule has 21 heavy (non-hydrogen) atoms. The number of hydrogen-bond acceptors (Lipinski definition) is 3. The third-order valence-electron chi connectivity index (χ3n) is 4.56. The molecule has 1 amide bonds. The molecular formula is C17H31NO3. The fraction of sp³-hybridized carbons (Fsp3) is 0.941. The monoisotopic (exact) mass is 297 g/mol. The summed E-state index contributed by atoms with van der Waals surface area (Å²) < 4.78 is 11.4. The van der Waals surface area contributed by atoms with Crippen LogP contribution in [0.5, 0.6) is 0 Å². The zero-order valence-corrected chi connectivity index (χ0v) is 13.5. The van der Waals surface area contributed by atoms with Gasteiger partial charge in [0, 0.05) is 26.1 Å². The Morgan fingerprint density at radius 2 is 1.86 bits per heavy atom. The highest BCUT2D eigenvalue weighted by molar-refractivity contribution is 5.76. The van der Waals surface area contributed by atoms with Crippen molar-refractivity contribution in [1.29, 1.82) is 0 Å². The van der Waals surface area contributed by atoms with E-state index in [1.807, 2.05) is 4.90 Å². The molecule has 4 heteroatoms. The SMILES string of the molecule is CCCCCCCC(=O)N1CCC(OC2CCOC2)CC1. The first-order valence-corrected chi connectivity index (χ1v) is 8.80. The van der Waals surface area contributed by atoms with Crippen LogP contribution in [0.25, 0.3) is 0 Å². The van der Waals surface area contributed by atoms with Crippen LogP contribution in [0.4, 0.5) is 0 Å². The fourth-order valence-corrected chi connectivity index (χ4v) is 3.17. The summed E-state index contributed by atoms with van der Waals surface area (Å²) in [5.74, 6) is 0.342. The molecule has 0 aliphatic carbocycles. The Hall–Kier alpha value is -0.610. The quantitative estimate of drug-likeness (QED) is 0.646. The maximum Gasteiger partial charge on any atom is 0.222 e. The minimum Gasteiger partial charge on any atom is -0.379 e. The van der Waals surface area contributed by atoms with Gasteiger partial charge in [-0.15, -0.1) is 0 Å². The summed E-state index contributed by atoms with van der Waals surface area (Å²) in [6.45, 7) is 5.53. The molecule has 0 aromatic heterocycles. The minimum absolute atomic E-state index is 0.288. The highest BCUT2D eigenvalue weighted by Gasteiger charge is 2.26. The van der Waals surface area contributed by atoms with Gasteiger partial charge >= 0.3 is 0 Å². The van der Waals surface area contributed by atoms with E-state index in [1.54, 1.807) is 0 Å². The van der Waals surface area contributed by atoms with Crippen LogP contribution in [-0.4, -0.2) is 49.3 Å². The summed E-state index contributed by atoms with van der Waals surface area (Å²) in [4.78, 5) is 14.2. The largest absolute Gasteiger partial charge is 0.379 e. The summed E-state index contributed by atoms with van der Waals surface area (Å²) in [7, 11) is 0. The predicted molar refractivity (Wildman–Crippen MR) is 83.3 cm³/mol. The van der Waals surface area contributed by atoms with Crippen LogP contribution in [0.15, 0.2) is 0 Å². The molecule has 0 aromatic carbocycles. The van der Waals surface area contributed by atoms with Gasteiger partial charge in [0.05, 0.1) is 18.8 Å². The van der Waals surface area contributed by atoms with Crippen LogP contribution in [-0.2, 0) is 14.3 Å². The molecule has 2 rings (SSSR count). The third-order valence-corrected chi connectivity index (χ3v) is 4.56. The van der Waals surface area contributed by atoms with Crippen LogP contribution in [0, 0.1) is 0 Å². The van der Waals surface area contributed by atoms with Crippen molar-refractivity contribution in [2.75, 3.05) is 26.3 Å². The number of rotatable bonds is 8. The Balaban J connectivity index is 1.56. The fourth-order valence-electron chi connectivity index (χ4n) is 3.17. The summed E-state index contributed by atoms with van der Waals surface area (Å²) in [6.07, 6.45) is 10.4. The van der Waals surface area contributed by atoms with E-state index in [-0.39, 0.29) is 6.10 Å². The second kappa shape index (κ2) is 9.42. The van der Waals surface area contributed by atoms with E-state index in [1.165, 1.54) is 25.7 Å². The van der Waals surface area contributed by atoms with Gasteiger partial charge < -0.3 is 14.4 Å². The van der Waals surface area contributed by atoms with E-state index in [0.717, 1.165) is 58.4 Å². The first-order chi connectivity index (χ1) is 10.3. The maximum absolute atomic E-state index is 12.1. The Kier molecular flexibility index (Phi) is 7.51. The van der Waals surface area contributed by atoms with Crippen molar-refractivity contribution in [2.45, 2.75) is 76.9 Å². The lowest BCUT2D eigenvalue weighted by atomic mass is 10.1. The van der Waals surface area contributed by atoms with Gasteiger partial charge in [-0.3, -0.25) is 4.79 Å². The topological polar surface area (TPSA) is 38.8 Å². The highest BCUT2D eigenvalue weighted by atomic mass is 16.5. The smallest absolute Gasteiger partial charge is 0.222 e.